The number of nitrogens with zero attached hydrogens (tertiary/aromatic N) is 3. The molecule has 0 bridgehead atoms. The van der Waals surface area contributed by atoms with Crippen LogP contribution in [0.15, 0.2) is 9.63 Å². The minimum atomic E-state index is -3.58. The molecule has 1 heterocycles. The highest BCUT2D eigenvalue weighted by Gasteiger charge is 2.22. The minimum Gasteiger partial charge on any atom is -0.379 e. The third-order valence-corrected chi connectivity index (χ3v) is 4.65. The van der Waals surface area contributed by atoms with Gasteiger partial charge in [0.2, 0.25) is 5.03 Å². The fourth-order valence-corrected chi connectivity index (χ4v) is 3.59. The lowest BCUT2D eigenvalue weighted by Crippen LogP contribution is -2.27. The van der Waals surface area contributed by atoms with Crippen LogP contribution < -0.4 is 4.72 Å². The molecule has 1 rings (SSSR count). The predicted molar refractivity (Wildman–Crippen MR) is 74.2 cm³/mol. The van der Waals surface area contributed by atoms with Gasteiger partial charge in [0.1, 0.15) is 0 Å². The first-order valence-corrected chi connectivity index (χ1v) is 8.28. The molecule has 0 saturated heterocycles. The molecule has 0 atom stereocenters. The number of aryl methyl sites for hydroxylation is 1. The summed E-state index contributed by atoms with van der Waals surface area (Å²) in [7, 11) is -2.05. The Balaban J connectivity index is 2.40. The Hall–Kier alpha value is -0.510. The number of unbranched alkanes of at least 4 members (excludes halogenated alkanes) is 1. The number of ether oxygens (including phenoxy) is 1. The molecule has 0 aliphatic heterocycles. The van der Waals surface area contributed by atoms with E-state index in [4.69, 9.17) is 4.74 Å². The number of hydrogen-bond acceptors (Lipinski definition) is 5. The van der Waals surface area contributed by atoms with Crippen molar-refractivity contribution in [3.63, 3.8) is 0 Å². The van der Waals surface area contributed by atoms with Crippen molar-refractivity contribution in [2.75, 3.05) is 13.2 Å². The highest BCUT2D eigenvalue weighted by atomic mass is 79.9. The Morgan fingerprint density at radius 2 is 2.11 bits per heavy atom. The summed E-state index contributed by atoms with van der Waals surface area (Å²) in [6, 6.07) is 0. The van der Waals surface area contributed by atoms with Crippen LogP contribution in [0, 0.1) is 0 Å². The largest absolute Gasteiger partial charge is 0.379 e. The molecule has 0 unspecified atom stereocenters. The Labute approximate surface area is 121 Å². The van der Waals surface area contributed by atoms with Gasteiger partial charge in [0.25, 0.3) is 10.0 Å². The van der Waals surface area contributed by atoms with Gasteiger partial charge in [-0.25, -0.2) is 17.8 Å². The number of hydrogen-bond donors (Lipinski definition) is 1. The molecular formula is C10H19BrN4O3S. The van der Waals surface area contributed by atoms with Crippen molar-refractivity contribution in [2.24, 2.45) is 7.05 Å². The maximum absolute atomic E-state index is 12.0. The zero-order valence-corrected chi connectivity index (χ0v) is 13.7. The Morgan fingerprint density at radius 3 is 2.63 bits per heavy atom. The molecule has 7 nitrogen and oxygen atoms in total. The molecule has 1 aromatic heterocycles. The summed E-state index contributed by atoms with van der Waals surface area (Å²) in [6.45, 7) is 4.93. The van der Waals surface area contributed by atoms with E-state index in [0.717, 1.165) is 12.8 Å². The monoisotopic (exact) mass is 354 g/mol. The number of halogens is 1. The number of sulfonamides is 1. The third kappa shape index (κ3) is 5.17. The third-order valence-electron chi connectivity index (χ3n) is 2.31. The smallest absolute Gasteiger partial charge is 0.260 e. The van der Waals surface area contributed by atoms with Crippen LogP contribution in [0.3, 0.4) is 0 Å². The molecule has 0 amide bonds. The topological polar surface area (TPSA) is 86.1 Å². The van der Waals surface area contributed by atoms with Crippen molar-refractivity contribution in [1.29, 1.82) is 0 Å². The SMILES string of the molecule is CC(C)OCCCCNS(=O)(=O)c1c(Br)nnn1C. The van der Waals surface area contributed by atoms with Crippen LogP contribution >= 0.6 is 15.9 Å². The van der Waals surface area contributed by atoms with Gasteiger partial charge in [-0.1, -0.05) is 5.21 Å². The zero-order valence-electron chi connectivity index (χ0n) is 11.3. The van der Waals surface area contributed by atoms with E-state index < -0.39 is 10.0 Å². The van der Waals surface area contributed by atoms with Crippen LogP contribution in [0.5, 0.6) is 0 Å². The van der Waals surface area contributed by atoms with Crippen molar-refractivity contribution < 1.29 is 13.2 Å². The van der Waals surface area contributed by atoms with Gasteiger partial charge in [-0.05, 0) is 42.6 Å². The summed E-state index contributed by atoms with van der Waals surface area (Å²) < 4.78 is 33.3. The van der Waals surface area contributed by atoms with E-state index in [2.05, 4.69) is 31.0 Å². The second kappa shape index (κ2) is 7.32. The zero-order chi connectivity index (χ0) is 14.5. The number of rotatable bonds is 8. The van der Waals surface area contributed by atoms with E-state index in [1.165, 1.54) is 11.7 Å². The van der Waals surface area contributed by atoms with E-state index in [1.54, 1.807) is 0 Å². The second-order valence-electron chi connectivity index (χ2n) is 4.33. The van der Waals surface area contributed by atoms with Gasteiger partial charge in [0.15, 0.2) is 4.60 Å². The van der Waals surface area contributed by atoms with Crippen LogP contribution in [-0.4, -0.2) is 42.7 Å². The lowest BCUT2D eigenvalue weighted by molar-refractivity contribution is 0.0762. The molecule has 0 radical (unpaired) electrons. The number of aromatic nitrogens is 3. The standard InChI is InChI=1S/C10H19BrN4O3S/c1-8(2)18-7-5-4-6-12-19(16,17)10-9(11)13-14-15(10)3/h8,12H,4-7H2,1-3H3. The highest BCUT2D eigenvalue weighted by molar-refractivity contribution is 9.10. The summed E-state index contributed by atoms with van der Waals surface area (Å²) in [5.74, 6) is 0. The molecule has 1 aromatic rings. The Morgan fingerprint density at radius 1 is 1.42 bits per heavy atom. The summed E-state index contributed by atoms with van der Waals surface area (Å²) >= 11 is 3.07. The van der Waals surface area contributed by atoms with Gasteiger partial charge in [-0.15, -0.1) is 5.10 Å². The second-order valence-corrected chi connectivity index (χ2v) is 6.77. The van der Waals surface area contributed by atoms with Gasteiger partial charge in [0.05, 0.1) is 6.10 Å². The van der Waals surface area contributed by atoms with Crippen LogP contribution in [0.1, 0.15) is 26.7 Å². The Bertz CT molecular complexity index is 481. The molecule has 0 fully saturated rings. The molecule has 0 aliphatic rings. The minimum absolute atomic E-state index is 0.0333. The van der Waals surface area contributed by atoms with Gasteiger partial charge in [0, 0.05) is 20.2 Å². The molecule has 0 aliphatic carbocycles. The van der Waals surface area contributed by atoms with Crippen molar-refractivity contribution in [3.05, 3.63) is 4.60 Å². The average Bonchev–Trinajstić information content (AvgIpc) is 2.63. The molecular weight excluding hydrogens is 336 g/mol. The Kier molecular flexibility index (Phi) is 6.37. The van der Waals surface area contributed by atoms with Crippen LogP contribution in [0.25, 0.3) is 0 Å². The maximum atomic E-state index is 12.0. The van der Waals surface area contributed by atoms with Crippen LogP contribution in [0.2, 0.25) is 0 Å². The van der Waals surface area contributed by atoms with Gasteiger partial charge in [-0.2, -0.15) is 0 Å². The van der Waals surface area contributed by atoms with Crippen molar-refractivity contribution in [2.45, 2.75) is 37.8 Å². The average molecular weight is 355 g/mol. The quantitative estimate of drug-likeness (QED) is 0.705. The molecule has 0 saturated carbocycles. The number of nitrogens with one attached hydrogen (secondary N) is 1. The predicted octanol–water partition coefficient (Wildman–Crippen LogP) is 1.06. The summed E-state index contributed by atoms with van der Waals surface area (Å²) in [4.78, 5) is 0. The van der Waals surface area contributed by atoms with Crippen molar-refractivity contribution in [1.82, 2.24) is 19.7 Å². The molecule has 110 valence electrons. The maximum Gasteiger partial charge on any atom is 0.260 e. The summed E-state index contributed by atoms with van der Waals surface area (Å²) in [5.41, 5.74) is 0. The van der Waals surface area contributed by atoms with E-state index in [-0.39, 0.29) is 15.7 Å². The first-order valence-electron chi connectivity index (χ1n) is 6.01. The van der Waals surface area contributed by atoms with E-state index >= 15 is 0 Å². The lowest BCUT2D eigenvalue weighted by atomic mass is 10.3. The van der Waals surface area contributed by atoms with E-state index in [0.29, 0.717) is 13.2 Å². The lowest BCUT2D eigenvalue weighted by Gasteiger charge is -2.08. The molecule has 1 N–H and O–H groups in total. The summed E-state index contributed by atoms with van der Waals surface area (Å²) in [5, 5.41) is 7.32. The first kappa shape index (κ1) is 16.5. The molecule has 9 heteroatoms. The van der Waals surface area contributed by atoms with Crippen molar-refractivity contribution in [3.8, 4) is 0 Å². The van der Waals surface area contributed by atoms with Crippen LogP contribution in [0.4, 0.5) is 0 Å². The fraction of sp³-hybridized carbons (Fsp3) is 0.800. The van der Waals surface area contributed by atoms with E-state index in [9.17, 15) is 8.42 Å². The summed E-state index contributed by atoms with van der Waals surface area (Å²) in [6.07, 6.45) is 1.73. The highest BCUT2D eigenvalue weighted by Crippen LogP contribution is 2.17. The van der Waals surface area contributed by atoms with Crippen molar-refractivity contribution >= 4 is 26.0 Å². The molecule has 0 spiro atoms. The normalized spacial score (nSPS) is 12.3. The molecule has 0 aromatic carbocycles. The van der Waals surface area contributed by atoms with Crippen LogP contribution in [-0.2, 0) is 21.8 Å². The van der Waals surface area contributed by atoms with Gasteiger partial charge >= 0.3 is 0 Å². The van der Waals surface area contributed by atoms with Gasteiger partial charge in [-0.3, -0.25) is 0 Å². The first-order chi connectivity index (χ1) is 8.84. The van der Waals surface area contributed by atoms with Gasteiger partial charge < -0.3 is 4.74 Å². The van der Waals surface area contributed by atoms with E-state index in [1.807, 2.05) is 13.8 Å². The molecule has 19 heavy (non-hydrogen) atoms. The fourth-order valence-electron chi connectivity index (χ4n) is 1.43.